The minimum absolute atomic E-state index is 0.207. The first-order valence-corrected chi connectivity index (χ1v) is 8.01. The van der Waals surface area contributed by atoms with Crippen molar-refractivity contribution in [2.45, 2.75) is 45.4 Å². The lowest BCUT2D eigenvalue weighted by atomic mass is 9.85. The van der Waals surface area contributed by atoms with Crippen LogP contribution in [0.3, 0.4) is 0 Å². The van der Waals surface area contributed by atoms with E-state index in [9.17, 15) is 4.79 Å². The number of ether oxygens (including phenoxy) is 2. The molecule has 1 aliphatic heterocycles. The van der Waals surface area contributed by atoms with Crippen LogP contribution in [-0.2, 0) is 0 Å². The third kappa shape index (κ3) is 3.40. The van der Waals surface area contributed by atoms with E-state index >= 15 is 0 Å². The van der Waals surface area contributed by atoms with Crippen molar-refractivity contribution >= 4 is 11.6 Å². The number of hydrogen-bond donors (Lipinski definition) is 1. The Morgan fingerprint density at radius 3 is 2.82 bits per heavy atom. The summed E-state index contributed by atoms with van der Waals surface area (Å²) >= 11 is 0. The number of rotatable bonds is 4. The highest BCUT2D eigenvalue weighted by molar-refractivity contribution is 5.96. The van der Waals surface area contributed by atoms with Crippen molar-refractivity contribution in [1.82, 2.24) is 5.43 Å². The fourth-order valence-corrected chi connectivity index (χ4v) is 3.05. The summed E-state index contributed by atoms with van der Waals surface area (Å²) in [5.74, 6) is 1.91. The van der Waals surface area contributed by atoms with Gasteiger partial charge in [0.05, 0.1) is 0 Å². The highest BCUT2D eigenvalue weighted by Crippen LogP contribution is 2.32. The summed E-state index contributed by atoms with van der Waals surface area (Å²) in [5.41, 5.74) is 4.29. The van der Waals surface area contributed by atoms with Crippen LogP contribution in [0.2, 0.25) is 0 Å². The van der Waals surface area contributed by atoms with Crippen molar-refractivity contribution in [2.75, 3.05) is 6.79 Å². The van der Waals surface area contributed by atoms with Crippen LogP contribution >= 0.6 is 0 Å². The topological polar surface area (TPSA) is 59.9 Å². The van der Waals surface area contributed by atoms with Gasteiger partial charge in [0.15, 0.2) is 11.5 Å². The second-order valence-electron chi connectivity index (χ2n) is 5.92. The average molecular weight is 302 g/mol. The Labute approximate surface area is 130 Å². The monoisotopic (exact) mass is 302 g/mol. The molecule has 118 valence electrons. The molecule has 3 rings (SSSR count). The number of carbonyl (C=O) groups is 1. The molecule has 0 unspecified atom stereocenters. The summed E-state index contributed by atoms with van der Waals surface area (Å²) in [4.78, 5) is 12.1. The van der Waals surface area contributed by atoms with E-state index in [2.05, 4.69) is 17.5 Å². The van der Waals surface area contributed by atoms with Crippen LogP contribution in [0.25, 0.3) is 0 Å². The lowest BCUT2D eigenvalue weighted by Crippen LogP contribution is -2.22. The standard InChI is InChI=1S/C17H22N2O3/c1-2-3-12-4-7-14(8-5-12)18-19-17(20)13-6-9-15-16(10-13)22-11-21-15/h6,9-10,12H,2-5,7-8,11H2,1H3,(H,19,20). The molecule has 2 aliphatic rings. The van der Waals surface area contributed by atoms with Gasteiger partial charge in [-0.05, 0) is 49.8 Å². The predicted molar refractivity (Wildman–Crippen MR) is 84.3 cm³/mol. The fraction of sp³-hybridized carbons (Fsp3) is 0.529. The normalized spacial score (nSPS) is 19.9. The van der Waals surface area contributed by atoms with Crippen LogP contribution in [0.15, 0.2) is 23.3 Å². The zero-order valence-corrected chi connectivity index (χ0v) is 12.9. The first-order chi connectivity index (χ1) is 10.8. The molecule has 0 spiro atoms. The molecule has 0 radical (unpaired) electrons. The van der Waals surface area contributed by atoms with E-state index < -0.39 is 0 Å². The van der Waals surface area contributed by atoms with Crippen LogP contribution < -0.4 is 14.9 Å². The molecular formula is C17H22N2O3. The van der Waals surface area contributed by atoms with Crippen molar-refractivity contribution in [3.05, 3.63) is 23.8 Å². The summed E-state index contributed by atoms with van der Waals surface area (Å²) in [6, 6.07) is 5.16. The van der Waals surface area contributed by atoms with E-state index in [1.54, 1.807) is 18.2 Å². The Kier molecular flexibility index (Phi) is 4.61. The highest BCUT2D eigenvalue weighted by Gasteiger charge is 2.18. The smallest absolute Gasteiger partial charge is 0.271 e. The summed E-state index contributed by atoms with van der Waals surface area (Å²) in [6.45, 7) is 2.44. The average Bonchev–Trinajstić information content (AvgIpc) is 3.01. The molecule has 5 heteroatoms. The molecule has 0 saturated heterocycles. The van der Waals surface area contributed by atoms with Gasteiger partial charge < -0.3 is 9.47 Å². The molecule has 1 fully saturated rings. The van der Waals surface area contributed by atoms with E-state index in [1.165, 1.54) is 25.7 Å². The number of fused-ring (bicyclic) bond motifs is 1. The van der Waals surface area contributed by atoms with Crippen molar-refractivity contribution in [1.29, 1.82) is 0 Å². The van der Waals surface area contributed by atoms with Gasteiger partial charge in [0, 0.05) is 11.3 Å². The Morgan fingerprint density at radius 1 is 1.27 bits per heavy atom. The minimum Gasteiger partial charge on any atom is -0.454 e. The second-order valence-corrected chi connectivity index (χ2v) is 5.92. The minimum atomic E-state index is -0.207. The quantitative estimate of drug-likeness (QED) is 0.866. The summed E-state index contributed by atoms with van der Waals surface area (Å²) in [6.07, 6.45) is 6.91. The third-order valence-corrected chi connectivity index (χ3v) is 4.33. The summed E-state index contributed by atoms with van der Waals surface area (Å²) in [7, 11) is 0. The van der Waals surface area contributed by atoms with Crippen LogP contribution in [0, 0.1) is 5.92 Å². The molecular weight excluding hydrogens is 280 g/mol. The Hall–Kier alpha value is -2.04. The zero-order chi connectivity index (χ0) is 15.4. The fourth-order valence-electron chi connectivity index (χ4n) is 3.05. The third-order valence-electron chi connectivity index (χ3n) is 4.33. The van der Waals surface area contributed by atoms with E-state index in [0.717, 1.165) is 24.5 Å². The lowest BCUT2D eigenvalue weighted by molar-refractivity contribution is 0.0954. The lowest BCUT2D eigenvalue weighted by Gasteiger charge is -2.22. The van der Waals surface area contributed by atoms with Gasteiger partial charge in [-0.3, -0.25) is 4.79 Å². The van der Waals surface area contributed by atoms with E-state index in [1.807, 2.05) is 0 Å². The molecule has 0 atom stereocenters. The van der Waals surface area contributed by atoms with Gasteiger partial charge >= 0.3 is 0 Å². The molecule has 1 saturated carbocycles. The van der Waals surface area contributed by atoms with E-state index in [-0.39, 0.29) is 12.7 Å². The van der Waals surface area contributed by atoms with Gasteiger partial charge in [-0.1, -0.05) is 19.8 Å². The molecule has 1 aromatic carbocycles. The van der Waals surface area contributed by atoms with Gasteiger partial charge in [-0.2, -0.15) is 5.10 Å². The number of nitrogens with one attached hydrogen (secondary N) is 1. The molecule has 22 heavy (non-hydrogen) atoms. The van der Waals surface area contributed by atoms with Crippen molar-refractivity contribution < 1.29 is 14.3 Å². The summed E-state index contributed by atoms with van der Waals surface area (Å²) < 4.78 is 10.5. The molecule has 1 N–H and O–H groups in total. The van der Waals surface area contributed by atoms with E-state index in [4.69, 9.17) is 9.47 Å². The molecule has 1 heterocycles. The van der Waals surface area contributed by atoms with Gasteiger partial charge in [0.1, 0.15) is 0 Å². The SMILES string of the molecule is CCCC1CCC(=NNC(=O)c2ccc3c(c2)OCO3)CC1. The molecule has 1 aromatic rings. The van der Waals surface area contributed by atoms with Crippen LogP contribution in [0.5, 0.6) is 11.5 Å². The number of benzene rings is 1. The number of nitrogens with zero attached hydrogens (tertiary/aromatic N) is 1. The van der Waals surface area contributed by atoms with Crippen LogP contribution in [0.4, 0.5) is 0 Å². The number of hydrogen-bond acceptors (Lipinski definition) is 4. The highest BCUT2D eigenvalue weighted by atomic mass is 16.7. The first kappa shape index (κ1) is 14.9. The van der Waals surface area contributed by atoms with Crippen molar-refractivity contribution in [2.24, 2.45) is 11.0 Å². The predicted octanol–water partition coefficient (Wildman–Crippen LogP) is 3.49. The van der Waals surface area contributed by atoms with Crippen LogP contribution in [-0.4, -0.2) is 18.4 Å². The Balaban J connectivity index is 1.55. The zero-order valence-electron chi connectivity index (χ0n) is 12.9. The molecule has 5 nitrogen and oxygen atoms in total. The number of carbonyl (C=O) groups excluding carboxylic acids is 1. The molecule has 0 aromatic heterocycles. The maximum atomic E-state index is 12.1. The van der Waals surface area contributed by atoms with Crippen LogP contribution in [0.1, 0.15) is 55.8 Å². The second kappa shape index (κ2) is 6.81. The maximum absolute atomic E-state index is 12.1. The molecule has 1 aliphatic carbocycles. The number of amides is 1. The summed E-state index contributed by atoms with van der Waals surface area (Å²) in [5, 5.41) is 4.29. The van der Waals surface area contributed by atoms with E-state index in [0.29, 0.717) is 17.1 Å². The number of hydrazone groups is 1. The van der Waals surface area contributed by atoms with Gasteiger partial charge in [-0.15, -0.1) is 0 Å². The molecule has 0 bridgehead atoms. The largest absolute Gasteiger partial charge is 0.454 e. The van der Waals surface area contributed by atoms with Gasteiger partial charge in [0.25, 0.3) is 5.91 Å². The van der Waals surface area contributed by atoms with Gasteiger partial charge in [0.2, 0.25) is 6.79 Å². The Morgan fingerprint density at radius 2 is 2.05 bits per heavy atom. The first-order valence-electron chi connectivity index (χ1n) is 8.01. The van der Waals surface area contributed by atoms with Crippen molar-refractivity contribution in [3.63, 3.8) is 0 Å². The molecule has 1 amide bonds. The van der Waals surface area contributed by atoms with Crippen molar-refractivity contribution in [3.8, 4) is 11.5 Å². The maximum Gasteiger partial charge on any atom is 0.271 e. The Bertz CT molecular complexity index is 573. The van der Waals surface area contributed by atoms with Gasteiger partial charge in [-0.25, -0.2) is 5.43 Å².